The van der Waals surface area contributed by atoms with Gasteiger partial charge in [-0.05, 0) is 36.6 Å². The molecule has 2 rings (SSSR count). The van der Waals surface area contributed by atoms with Crippen LogP contribution in [0.25, 0.3) is 0 Å². The van der Waals surface area contributed by atoms with E-state index in [1.165, 1.54) is 12.1 Å². The molecule has 0 saturated carbocycles. The van der Waals surface area contributed by atoms with Crippen LogP contribution in [0.3, 0.4) is 0 Å². The number of carbonyl (C=O) groups excluding carboxylic acids is 2. The monoisotopic (exact) mass is 250 g/mol. The Morgan fingerprint density at radius 1 is 1.44 bits per heavy atom. The van der Waals surface area contributed by atoms with Crippen LogP contribution >= 0.6 is 0 Å². The van der Waals surface area contributed by atoms with Gasteiger partial charge in [-0.15, -0.1) is 0 Å². The van der Waals surface area contributed by atoms with Crippen molar-refractivity contribution in [3.63, 3.8) is 0 Å². The topological polar surface area (TPSA) is 58.2 Å². The summed E-state index contributed by atoms with van der Waals surface area (Å²) in [5.74, 6) is -0.778. The summed E-state index contributed by atoms with van der Waals surface area (Å²) in [7, 11) is 0. The minimum atomic E-state index is -0.354. The molecule has 4 nitrogen and oxygen atoms in total. The Morgan fingerprint density at radius 2 is 2.22 bits per heavy atom. The van der Waals surface area contributed by atoms with Crippen LogP contribution in [-0.2, 0) is 16.1 Å². The highest BCUT2D eigenvalue weighted by Crippen LogP contribution is 2.11. The van der Waals surface area contributed by atoms with Crippen LogP contribution in [0.2, 0.25) is 0 Å². The summed E-state index contributed by atoms with van der Waals surface area (Å²) >= 11 is 0. The summed E-state index contributed by atoms with van der Waals surface area (Å²) in [6.07, 6.45) is 0.858. The number of benzene rings is 1. The lowest BCUT2D eigenvalue weighted by atomic mass is 10.0. The molecule has 2 N–H and O–H groups in total. The first-order chi connectivity index (χ1) is 8.56. The number of carbonyl (C=O) groups is 2. The van der Waals surface area contributed by atoms with Gasteiger partial charge < -0.3 is 5.32 Å². The van der Waals surface area contributed by atoms with Crippen molar-refractivity contribution in [2.75, 3.05) is 0 Å². The van der Waals surface area contributed by atoms with Gasteiger partial charge >= 0.3 is 0 Å². The lowest BCUT2D eigenvalue weighted by Crippen LogP contribution is -2.50. The molecule has 18 heavy (non-hydrogen) atoms. The van der Waals surface area contributed by atoms with Crippen molar-refractivity contribution in [3.05, 3.63) is 35.1 Å². The van der Waals surface area contributed by atoms with E-state index in [0.29, 0.717) is 19.4 Å². The van der Waals surface area contributed by atoms with E-state index in [1.807, 2.05) is 6.92 Å². The Hall–Kier alpha value is -1.75. The van der Waals surface area contributed by atoms with E-state index in [-0.39, 0.29) is 23.7 Å². The Morgan fingerprint density at radius 3 is 2.89 bits per heavy atom. The van der Waals surface area contributed by atoms with Gasteiger partial charge in [0.25, 0.3) is 0 Å². The normalized spacial score (nSPS) is 19.8. The molecule has 1 fully saturated rings. The number of piperidine rings is 1. The summed E-state index contributed by atoms with van der Waals surface area (Å²) in [4.78, 5) is 22.5. The van der Waals surface area contributed by atoms with Crippen LogP contribution in [0.15, 0.2) is 18.2 Å². The largest absolute Gasteiger partial charge is 0.302 e. The van der Waals surface area contributed by atoms with Crippen molar-refractivity contribution in [1.82, 2.24) is 10.6 Å². The summed E-state index contributed by atoms with van der Waals surface area (Å²) < 4.78 is 12.9. The van der Waals surface area contributed by atoms with Crippen LogP contribution in [0.1, 0.15) is 24.0 Å². The first kappa shape index (κ1) is 12.7. The third kappa shape index (κ3) is 2.92. The summed E-state index contributed by atoms with van der Waals surface area (Å²) in [6, 6.07) is 4.20. The van der Waals surface area contributed by atoms with Crippen LogP contribution < -0.4 is 10.6 Å². The van der Waals surface area contributed by atoms with E-state index in [4.69, 9.17) is 0 Å². The van der Waals surface area contributed by atoms with Crippen LogP contribution in [0.5, 0.6) is 0 Å². The number of halogens is 1. The third-order valence-electron chi connectivity index (χ3n) is 3.08. The van der Waals surface area contributed by atoms with Crippen molar-refractivity contribution in [3.8, 4) is 0 Å². The Bertz CT molecular complexity index is 488. The van der Waals surface area contributed by atoms with Gasteiger partial charge in [0.2, 0.25) is 11.8 Å². The first-order valence-electron chi connectivity index (χ1n) is 5.88. The molecule has 96 valence electrons. The van der Waals surface area contributed by atoms with E-state index >= 15 is 0 Å². The van der Waals surface area contributed by atoms with Crippen molar-refractivity contribution < 1.29 is 14.0 Å². The lowest BCUT2D eigenvalue weighted by Gasteiger charge is -2.22. The number of hydrogen-bond donors (Lipinski definition) is 2. The number of aryl methyl sites for hydroxylation is 1. The maximum atomic E-state index is 12.9. The molecule has 0 aliphatic carbocycles. The van der Waals surface area contributed by atoms with Gasteiger partial charge in [0.05, 0.1) is 6.04 Å². The number of nitrogens with one attached hydrogen (secondary N) is 2. The Balaban J connectivity index is 1.95. The molecule has 1 unspecified atom stereocenters. The Kier molecular flexibility index (Phi) is 3.72. The fourth-order valence-corrected chi connectivity index (χ4v) is 1.98. The van der Waals surface area contributed by atoms with E-state index in [0.717, 1.165) is 11.1 Å². The molecule has 1 aromatic rings. The molecule has 5 heteroatoms. The molecule has 0 radical (unpaired) electrons. The van der Waals surface area contributed by atoms with E-state index in [9.17, 15) is 14.0 Å². The van der Waals surface area contributed by atoms with E-state index in [2.05, 4.69) is 10.6 Å². The number of hydrogen-bond acceptors (Lipinski definition) is 3. The maximum Gasteiger partial charge on any atom is 0.243 e. The summed E-state index contributed by atoms with van der Waals surface area (Å²) in [5.41, 5.74) is 1.79. The van der Waals surface area contributed by atoms with Crippen LogP contribution in [-0.4, -0.2) is 17.9 Å². The SMILES string of the molecule is Cc1cc(F)ccc1CNC1CCC(=O)NC1=O. The predicted molar refractivity (Wildman–Crippen MR) is 64.1 cm³/mol. The lowest BCUT2D eigenvalue weighted by molar-refractivity contribution is -0.134. The molecule has 1 saturated heterocycles. The molecular formula is C13H15FN2O2. The van der Waals surface area contributed by atoms with Gasteiger partial charge in [0, 0.05) is 13.0 Å². The molecule has 1 aliphatic rings. The van der Waals surface area contributed by atoms with Crippen LogP contribution in [0, 0.1) is 12.7 Å². The quantitative estimate of drug-likeness (QED) is 0.788. The highest BCUT2D eigenvalue weighted by atomic mass is 19.1. The third-order valence-corrected chi connectivity index (χ3v) is 3.08. The van der Waals surface area contributed by atoms with Crippen molar-refractivity contribution in [2.24, 2.45) is 0 Å². The minimum absolute atomic E-state index is 0.226. The molecule has 0 aromatic heterocycles. The molecule has 1 heterocycles. The summed E-state index contributed by atoms with van der Waals surface area (Å²) in [5, 5.41) is 5.37. The molecule has 1 atom stereocenters. The molecular weight excluding hydrogens is 235 g/mol. The van der Waals surface area contributed by atoms with Gasteiger partial charge in [-0.1, -0.05) is 6.07 Å². The van der Waals surface area contributed by atoms with Gasteiger partial charge in [-0.3, -0.25) is 14.9 Å². The highest BCUT2D eigenvalue weighted by molar-refractivity contribution is 6.00. The Labute approximate surface area is 105 Å². The molecule has 0 bridgehead atoms. The number of amides is 2. The zero-order valence-electron chi connectivity index (χ0n) is 10.1. The minimum Gasteiger partial charge on any atom is -0.302 e. The zero-order chi connectivity index (χ0) is 13.1. The molecule has 2 amide bonds. The number of imide groups is 1. The fourth-order valence-electron chi connectivity index (χ4n) is 1.98. The van der Waals surface area contributed by atoms with E-state index in [1.54, 1.807) is 6.07 Å². The summed E-state index contributed by atoms with van der Waals surface area (Å²) in [6.45, 7) is 2.31. The smallest absolute Gasteiger partial charge is 0.243 e. The standard InChI is InChI=1S/C13H15FN2O2/c1-8-6-10(14)3-2-9(8)7-15-11-4-5-12(17)16-13(11)18/h2-3,6,11,15H,4-5,7H2,1H3,(H,16,17,18). The van der Waals surface area contributed by atoms with Crippen LogP contribution in [0.4, 0.5) is 4.39 Å². The first-order valence-corrected chi connectivity index (χ1v) is 5.88. The second-order valence-electron chi connectivity index (χ2n) is 4.46. The van der Waals surface area contributed by atoms with Gasteiger partial charge in [0.15, 0.2) is 0 Å². The maximum absolute atomic E-state index is 12.9. The van der Waals surface area contributed by atoms with Crippen molar-refractivity contribution in [1.29, 1.82) is 0 Å². The molecule has 1 aliphatic heterocycles. The average Bonchev–Trinajstić information content (AvgIpc) is 2.30. The van der Waals surface area contributed by atoms with Gasteiger partial charge in [-0.2, -0.15) is 0 Å². The van der Waals surface area contributed by atoms with Crippen molar-refractivity contribution in [2.45, 2.75) is 32.4 Å². The number of rotatable bonds is 3. The van der Waals surface area contributed by atoms with Gasteiger partial charge in [0.1, 0.15) is 5.82 Å². The predicted octanol–water partition coefficient (Wildman–Crippen LogP) is 1.03. The second kappa shape index (κ2) is 5.27. The van der Waals surface area contributed by atoms with Crippen molar-refractivity contribution >= 4 is 11.8 Å². The highest BCUT2D eigenvalue weighted by Gasteiger charge is 2.25. The molecule has 0 spiro atoms. The van der Waals surface area contributed by atoms with E-state index < -0.39 is 0 Å². The fraction of sp³-hybridized carbons (Fsp3) is 0.385. The molecule has 1 aromatic carbocycles. The van der Waals surface area contributed by atoms with Gasteiger partial charge in [-0.25, -0.2) is 4.39 Å². The second-order valence-corrected chi connectivity index (χ2v) is 4.46. The zero-order valence-corrected chi connectivity index (χ0v) is 10.1. The average molecular weight is 250 g/mol.